The fourth-order valence-corrected chi connectivity index (χ4v) is 3.71. The standard InChI is InChI=1S/C21H27N3O2/c25-21(15-19-22-20(23-26-19)18-10-11-18)12-6-14-24(16-21)13-5-4-9-17-7-2-1-3-8-17/h1-4,7-9,18,25H,5-6,10-16H2/b9-4+. The molecule has 1 aliphatic heterocycles. The normalized spacial score (nSPS) is 24.3. The van der Waals surface area contributed by atoms with Gasteiger partial charge >= 0.3 is 0 Å². The SMILES string of the molecule is OC1(Cc2nc(C3CC3)no2)CCCN(CC/C=C/c2ccccc2)C1. The number of benzene rings is 1. The lowest BCUT2D eigenvalue weighted by atomic mass is 9.89. The van der Waals surface area contributed by atoms with E-state index in [1.807, 2.05) is 6.07 Å². The predicted octanol–water partition coefficient (Wildman–Crippen LogP) is 3.42. The Labute approximate surface area is 154 Å². The molecule has 2 aromatic rings. The van der Waals surface area contributed by atoms with Crippen molar-refractivity contribution in [3.05, 3.63) is 53.7 Å². The molecule has 1 saturated carbocycles. The van der Waals surface area contributed by atoms with Gasteiger partial charge in [0, 0.05) is 19.0 Å². The lowest BCUT2D eigenvalue weighted by Gasteiger charge is -2.38. The van der Waals surface area contributed by atoms with Gasteiger partial charge in [-0.2, -0.15) is 4.98 Å². The monoisotopic (exact) mass is 353 g/mol. The van der Waals surface area contributed by atoms with Crippen molar-refractivity contribution >= 4 is 6.08 Å². The van der Waals surface area contributed by atoms with Gasteiger partial charge in [-0.25, -0.2) is 0 Å². The van der Waals surface area contributed by atoms with Crippen LogP contribution in [0.1, 0.15) is 55.3 Å². The Morgan fingerprint density at radius 1 is 1.27 bits per heavy atom. The van der Waals surface area contributed by atoms with Gasteiger partial charge in [0.2, 0.25) is 5.89 Å². The Bertz CT molecular complexity index is 739. The van der Waals surface area contributed by atoms with Crippen molar-refractivity contribution in [1.29, 1.82) is 0 Å². The summed E-state index contributed by atoms with van der Waals surface area (Å²) < 4.78 is 5.37. The zero-order valence-corrected chi connectivity index (χ0v) is 15.2. The number of likely N-dealkylation sites (tertiary alicyclic amines) is 1. The molecule has 1 aromatic heterocycles. The molecule has 26 heavy (non-hydrogen) atoms. The van der Waals surface area contributed by atoms with Crippen molar-refractivity contribution in [3.8, 4) is 0 Å². The second kappa shape index (κ2) is 7.72. The van der Waals surface area contributed by atoms with E-state index in [-0.39, 0.29) is 0 Å². The van der Waals surface area contributed by atoms with Crippen LogP contribution in [0.25, 0.3) is 6.08 Å². The maximum atomic E-state index is 11.0. The molecule has 5 heteroatoms. The quantitative estimate of drug-likeness (QED) is 0.826. The summed E-state index contributed by atoms with van der Waals surface area (Å²) in [5, 5.41) is 15.1. The lowest BCUT2D eigenvalue weighted by molar-refractivity contribution is -0.0343. The number of hydrogen-bond donors (Lipinski definition) is 1. The van der Waals surface area contributed by atoms with Gasteiger partial charge in [-0.05, 0) is 44.2 Å². The lowest BCUT2D eigenvalue weighted by Crippen LogP contribution is -2.49. The summed E-state index contributed by atoms with van der Waals surface area (Å²) in [6, 6.07) is 10.4. The highest BCUT2D eigenvalue weighted by atomic mass is 16.5. The summed E-state index contributed by atoms with van der Waals surface area (Å²) in [5.41, 5.74) is 0.472. The fourth-order valence-electron chi connectivity index (χ4n) is 3.71. The maximum Gasteiger partial charge on any atom is 0.229 e. The van der Waals surface area contributed by atoms with Crippen LogP contribution >= 0.6 is 0 Å². The van der Waals surface area contributed by atoms with Crippen LogP contribution in [0.4, 0.5) is 0 Å². The molecule has 0 radical (unpaired) electrons. The zero-order chi connectivity index (χ0) is 17.8. The van der Waals surface area contributed by atoms with E-state index in [0.717, 1.165) is 51.0 Å². The number of aliphatic hydroxyl groups is 1. The average Bonchev–Trinajstić information content (AvgIpc) is 3.40. The number of hydrogen-bond acceptors (Lipinski definition) is 5. The Balaban J connectivity index is 1.27. The van der Waals surface area contributed by atoms with Gasteiger partial charge in [0.1, 0.15) is 0 Å². The molecule has 0 amide bonds. The third-order valence-corrected chi connectivity index (χ3v) is 5.26. The van der Waals surface area contributed by atoms with Crippen molar-refractivity contribution in [2.45, 2.75) is 50.0 Å². The molecule has 1 atom stereocenters. The third kappa shape index (κ3) is 4.59. The highest BCUT2D eigenvalue weighted by Crippen LogP contribution is 2.38. The molecule has 1 N–H and O–H groups in total. The molecular formula is C21H27N3O2. The molecule has 1 unspecified atom stereocenters. The minimum Gasteiger partial charge on any atom is -0.388 e. The van der Waals surface area contributed by atoms with Crippen molar-refractivity contribution in [1.82, 2.24) is 15.0 Å². The Morgan fingerprint density at radius 2 is 2.12 bits per heavy atom. The summed E-state index contributed by atoms with van der Waals surface area (Å²) in [6.07, 6.45) is 9.94. The van der Waals surface area contributed by atoms with Crippen LogP contribution in [-0.4, -0.2) is 45.4 Å². The molecule has 1 aliphatic carbocycles. The molecule has 2 aliphatic rings. The Kier molecular flexibility index (Phi) is 5.18. The second-order valence-corrected chi connectivity index (χ2v) is 7.70. The van der Waals surface area contributed by atoms with E-state index in [1.165, 1.54) is 5.56 Å². The molecule has 0 spiro atoms. The number of aromatic nitrogens is 2. The summed E-state index contributed by atoms with van der Waals surface area (Å²) >= 11 is 0. The predicted molar refractivity (Wildman–Crippen MR) is 101 cm³/mol. The van der Waals surface area contributed by atoms with Crippen LogP contribution in [0.2, 0.25) is 0 Å². The highest BCUT2D eigenvalue weighted by molar-refractivity contribution is 5.48. The molecule has 138 valence electrons. The second-order valence-electron chi connectivity index (χ2n) is 7.70. The number of rotatable bonds is 7. The molecular weight excluding hydrogens is 326 g/mol. The van der Waals surface area contributed by atoms with E-state index in [1.54, 1.807) is 0 Å². The first kappa shape index (κ1) is 17.4. The Morgan fingerprint density at radius 3 is 2.92 bits per heavy atom. The summed E-state index contributed by atoms with van der Waals surface area (Å²) in [6.45, 7) is 2.68. The van der Waals surface area contributed by atoms with E-state index < -0.39 is 5.60 Å². The first-order chi connectivity index (χ1) is 12.7. The smallest absolute Gasteiger partial charge is 0.229 e. The van der Waals surface area contributed by atoms with Gasteiger partial charge in [0.05, 0.1) is 12.0 Å². The van der Waals surface area contributed by atoms with Crippen LogP contribution in [-0.2, 0) is 6.42 Å². The van der Waals surface area contributed by atoms with E-state index in [0.29, 0.717) is 24.8 Å². The largest absolute Gasteiger partial charge is 0.388 e. The van der Waals surface area contributed by atoms with Gasteiger partial charge in [0.15, 0.2) is 5.82 Å². The van der Waals surface area contributed by atoms with E-state index in [4.69, 9.17) is 4.52 Å². The molecule has 5 nitrogen and oxygen atoms in total. The van der Waals surface area contributed by atoms with E-state index >= 15 is 0 Å². The van der Waals surface area contributed by atoms with Crippen LogP contribution in [0.15, 0.2) is 40.9 Å². The minimum absolute atomic E-state index is 0.461. The zero-order valence-electron chi connectivity index (χ0n) is 15.2. The third-order valence-electron chi connectivity index (χ3n) is 5.26. The molecule has 2 heterocycles. The number of β-amino-alcohol motifs (C(OH)–C–C–N with tert-alkyl or cyclic N) is 1. The number of piperidine rings is 1. The molecule has 0 bridgehead atoms. The maximum absolute atomic E-state index is 11.0. The van der Waals surface area contributed by atoms with Crippen LogP contribution in [0.3, 0.4) is 0 Å². The average molecular weight is 353 g/mol. The highest BCUT2D eigenvalue weighted by Gasteiger charge is 2.36. The van der Waals surface area contributed by atoms with Gasteiger partial charge in [-0.1, -0.05) is 47.6 Å². The topological polar surface area (TPSA) is 62.4 Å². The molecule has 4 rings (SSSR count). The summed E-state index contributed by atoms with van der Waals surface area (Å²) in [7, 11) is 0. The minimum atomic E-state index is -0.755. The first-order valence-corrected chi connectivity index (χ1v) is 9.69. The van der Waals surface area contributed by atoms with Gasteiger partial charge < -0.3 is 14.5 Å². The van der Waals surface area contributed by atoms with Gasteiger partial charge in [-0.15, -0.1) is 0 Å². The van der Waals surface area contributed by atoms with Gasteiger partial charge in [-0.3, -0.25) is 0 Å². The van der Waals surface area contributed by atoms with Gasteiger partial charge in [0.25, 0.3) is 0 Å². The summed E-state index contributed by atoms with van der Waals surface area (Å²) in [5.74, 6) is 1.89. The van der Waals surface area contributed by atoms with E-state index in [9.17, 15) is 5.11 Å². The van der Waals surface area contributed by atoms with Crippen molar-refractivity contribution in [2.24, 2.45) is 0 Å². The Hall–Kier alpha value is -1.98. The molecule has 1 saturated heterocycles. The van der Waals surface area contributed by atoms with E-state index in [2.05, 4.69) is 51.5 Å². The summed E-state index contributed by atoms with van der Waals surface area (Å²) in [4.78, 5) is 6.82. The van der Waals surface area contributed by atoms with Crippen LogP contribution in [0.5, 0.6) is 0 Å². The molecule has 1 aromatic carbocycles. The van der Waals surface area contributed by atoms with Crippen LogP contribution in [0, 0.1) is 0 Å². The fraction of sp³-hybridized carbons (Fsp3) is 0.524. The van der Waals surface area contributed by atoms with Crippen molar-refractivity contribution in [3.63, 3.8) is 0 Å². The molecule has 2 fully saturated rings. The van der Waals surface area contributed by atoms with Crippen molar-refractivity contribution < 1.29 is 9.63 Å². The number of nitrogens with zero attached hydrogens (tertiary/aromatic N) is 3. The first-order valence-electron chi connectivity index (χ1n) is 9.69. The van der Waals surface area contributed by atoms with Crippen molar-refractivity contribution in [2.75, 3.05) is 19.6 Å². The van der Waals surface area contributed by atoms with Crippen LogP contribution < -0.4 is 0 Å².